The van der Waals surface area contributed by atoms with Crippen LogP contribution in [0.1, 0.15) is 26.2 Å². The Labute approximate surface area is 80.1 Å². The number of nitrogens with zero attached hydrogens (tertiary/aromatic N) is 1. The molecule has 1 fully saturated rings. The number of methoxy groups -OCH3 is 1. The molecule has 0 radical (unpaired) electrons. The first-order valence-corrected chi connectivity index (χ1v) is 4.91. The van der Waals surface area contributed by atoms with Gasteiger partial charge in [-0.05, 0) is 32.9 Å². The van der Waals surface area contributed by atoms with E-state index < -0.39 is 0 Å². The summed E-state index contributed by atoms with van der Waals surface area (Å²) in [5, 5.41) is 0. The van der Waals surface area contributed by atoms with Gasteiger partial charge in [0.05, 0.1) is 12.5 Å². The summed E-state index contributed by atoms with van der Waals surface area (Å²) < 4.78 is 4.79. The molecule has 13 heavy (non-hydrogen) atoms. The number of esters is 1. The Hall–Kier alpha value is -0.570. The largest absolute Gasteiger partial charge is 0.469 e. The molecule has 0 spiro atoms. The van der Waals surface area contributed by atoms with Gasteiger partial charge in [-0.1, -0.05) is 6.92 Å². The average Bonchev–Trinajstić information content (AvgIpc) is 2.85. The van der Waals surface area contributed by atoms with Gasteiger partial charge in [-0.25, -0.2) is 0 Å². The zero-order valence-corrected chi connectivity index (χ0v) is 8.80. The Morgan fingerprint density at radius 2 is 2.15 bits per heavy atom. The van der Waals surface area contributed by atoms with Crippen LogP contribution in [-0.2, 0) is 9.53 Å². The Bertz CT molecular complexity index is 187. The Morgan fingerprint density at radius 1 is 1.54 bits per heavy atom. The van der Waals surface area contributed by atoms with Gasteiger partial charge in [-0.2, -0.15) is 0 Å². The van der Waals surface area contributed by atoms with Crippen LogP contribution < -0.4 is 0 Å². The summed E-state index contributed by atoms with van der Waals surface area (Å²) in [6, 6.07) is 0. The van der Waals surface area contributed by atoms with Crippen LogP contribution in [0.3, 0.4) is 0 Å². The normalized spacial score (nSPS) is 18.8. The maximum absolute atomic E-state index is 11.4. The first-order chi connectivity index (χ1) is 6.14. The minimum atomic E-state index is -0.154. The van der Waals surface area contributed by atoms with Gasteiger partial charge >= 0.3 is 5.97 Å². The molecule has 0 aromatic rings. The highest BCUT2D eigenvalue weighted by Gasteiger charge is 2.51. The molecule has 0 aromatic heterocycles. The average molecular weight is 185 g/mol. The van der Waals surface area contributed by atoms with Gasteiger partial charge in [-0.15, -0.1) is 0 Å². The molecule has 0 bridgehead atoms. The van der Waals surface area contributed by atoms with E-state index >= 15 is 0 Å². The van der Waals surface area contributed by atoms with E-state index in [-0.39, 0.29) is 11.4 Å². The van der Waals surface area contributed by atoms with Crippen molar-refractivity contribution >= 4 is 5.97 Å². The Balaban J connectivity index is 2.39. The molecule has 3 nitrogen and oxygen atoms in total. The second-order valence-corrected chi connectivity index (χ2v) is 4.01. The van der Waals surface area contributed by atoms with Crippen molar-refractivity contribution in [3.05, 3.63) is 0 Å². The highest BCUT2D eigenvalue weighted by Crippen LogP contribution is 2.47. The van der Waals surface area contributed by atoms with E-state index in [0.29, 0.717) is 0 Å². The molecule has 3 heteroatoms. The summed E-state index contributed by atoms with van der Waals surface area (Å²) in [6.07, 6.45) is 3.12. The highest BCUT2D eigenvalue weighted by atomic mass is 16.5. The van der Waals surface area contributed by atoms with Crippen molar-refractivity contribution in [3.8, 4) is 0 Å². The van der Waals surface area contributed by atoms with Gasteiger partial charge in [0.2, 0.25) is 0 Å². The van der Waals surface area contributed by atoms with E-state index in [1.807, 2.05) is 0 Å². The summed E-state index contributed by atoms with van der Waals surface area (Å²) >= 11 is 0. The van der Waals surface area contributed by atoms with Crippen LogP contribution in [-0.4, -0.2) is 38.1 Å². The molecule has 1 aliphatic carbocycles. The lowest BCUT2D eigenvalue weighted by Gasteiger charge is -2.21. The monoisotopic (exact) mass is 185 g/mol. The van der Waals surface area contributed by atoms with Crippen molar-refractivity contribution in [2.24, 2.45) is 5.41 Å². The predicted molar refractivity (Wildman–Crippen MR) is 51.5 cm³/mol. The quantitative estimate of drug-likeness (QED) is 0.604. The van der Waals surface area contributed by atoms with Crippen molar-refractivity contribution < 1.29 is 9.53 Å². The van der Waals surface area contributed by atoms with Crippen molar-refractivity contribution in [2.75, 3.05) is 27.2 Å². The molecule has 1 rings (SSSR count). The van der Waals surface area contributed by atoms with Crippen molar-refractivity contribution in [1.29, 1.82) is 0 Å². The second kappa shape index (κ2) is 4.09. The van der Waals surface area contributed by atoms with Crippen LogP contribution >= 0.6 is 0 Å². The Morgan fingerprint density at radius 3 is 2.54 bits per heavy atom. The van der Waals surface area contributed by atoms with Crippen molar-refractivity contribution in [1.82, 2.24) is 4.90 Å². The van der Waals surface area contributed by atoms with E-state index in [9.17, 15) is 4.79 Å². The van der Waals surface area contributed by atoms with Gasteiger partial charge < -0.3 is 9.64 Å². The lowest BCUT2D eigenvalue weighted by Crippen LogP contribution is -2.33. The topological polar surface area (TPSA) is 29.5 Å². The molecule has 0 N–H and O–H groups in total. The predicted octanol–water partition coefficient (Wildman–Crippen LogP) is 1.28. The number of carbonyl (C=O) groups excluding carboxylic acids is 1. The molecule has 1 saturated carbocycles. The van der Waals surface area contributed by atoms with Crippen LogP contribution in [0.25, 0.3) is 0 Å². The number of ether oxygens (including phenoxy) is 1. The van der Waals surface area contributed by atoms with E-state index in [2.05, 4.69) is 18.9 Å². The van der Waals surface area contributed by atoms with E-state index in [4.69, 9.17) is 4.74 Å². The van der Waals surface area contributed by atoms with Gasteiger partial charge in [-0.3, -0.25) is 4.79 Å². The number of rotatable bonds is 5. The van der Waals surface area contributed by atoms with Gasteiger partial charge in [0.1, 0.15) is 0 Å². The maximum atomic E-state index is 11.4. The fourth-order valence-electron chi connectivity index (χ4n) is 1.77. The smallest absolute Gasteiger partial charge is 0.313 e. The SMILES string of the molecule is CCCN(C)CC1(C(=O)OC)CC1. The molecule has 0 saturated heterocycles. The third-order valence-corrected chi connectivity index (χ3v) is 2.65. The summed E-state index contributed by atoms with van der Waals surface area (Å²) in [5.41, 5.74) is -0.154. The molecule has 76 valence electrons. The molecular formula is C10H19NO2. The van der Waals surface area contributed by atoms with E-state index in [0.717, 1.165) is 32.4 Å². The molecule has 0 aromatic carbocycles. The fourth-order valence-corrected chi connectivity index (χ4v) is 1.77. The summed E-state index contributed by atoms with van der Waals surface area (Å²) in [6.45, 7) is 4.06. The summed E-state index contributed by atoms with van der Waals surface area (Å²) in [7, 11) is 3.54. The summed E-state index contributed by atoms with van der Waals surface area (Å²) in [4.78, 5) is 13.6. The van der Waals surface area contributed by atoms with Gasteiger partial charge in [0.25, 0.3) is 0 Å². The molecule has 0 aliphatic heterocycles. The van der Waals surface area contributed by atoms with Crippen molar-refractivity contribution in [2.45, 2.75) is 26.2 Å². The number of hydrogen-bond donors (Lipinski definition) is 0. The molecule has 0 atom stereocenters. The molecule has 1 aliphatic rings. The second-order valence-electron chi connectivity index (χ2n) is 4.01. The fraction of sp³-hybridized carbons (Fsp3) is 0.900. The minimum absolute atomic E-state index is 0.0320. The van der Waals surface area contributed by atoms with E-state index in [1.54, 1.807) is 0 Å². The number of carbonyl (C=O) groups is 1. The van der Waals surface area contributed by atoms with Crippen LogP contribution in [0.2, 0.25) is 0 Å². The molecular weight excluding hydrogens is 166 g/mol. The van der Waals surface area contributed by atoms with Gasteiger partial charge in [0, 0.05) is 6.54 Å². The maximum Gasteiger partial charge on any atom is 0.313 e. The zero-order valence-electron chi connectivity index (χ0n) is 8.80. The third kappa shape index (κ3) is 2.44. The lowest BCUT2D eigenvalue weighted by molar-refractivity contribution is -0.147. The third-order valence-electron chi connectivity index (χ3n) is 2.65. The zero-order chi connectivity index (χ0) is 9.90. The van der Waals surface area contributed by atoms with Crippen LogP contribution in [0, 0.1) is 5.41 Å². The first-order valence-electron chi connectivity index (χ1n) is 4.91. The Kier molecular flexibility index (Phi) is 3.31. The van der Waals surface area contributed by atoms with Crippen LogP contribution in [0.4, 0.5) is 0 Å². The lowest BCUT2D eigenvalue weighted by atomic mass is 10.1. The molecule has 0 heterocycles. The first kappa shape index (κ1) is 10.5. The molecule has 0 amide bonds. The minimum Gasteiger partial charge on any atom is -0.469 e. The van der Waals surface area contributed by atoms with Crippen molar-refractivity contribution in [3.63, 3.8) is 0 Å². The summed E-state index contributed by atoms with van der Waals surface area (Å²) in [5.74, 6) is -0.0320. The van der Waals surface area contributed by atoms with Crippen LogP contribution in [0.15, 0.2) is 0 Å². The van der Waals surface area contributed by atoms with Crippen LogP contribution in [0.5, 0.6) is 0 Å². The number of hydrogen-bond acceptors (Lipinski definition) is 3. The van der Waals surface area contributed by atoms with E-state index in [1.165, 1.54) is 7.11 Å². The standard InChI is InChI=1S/C10H19NO2/c1-4-7-11(2)8-10(5-6-10)9(12)13-3/h4-8H2,1-3H3. The van der Waals surface area contributed by atoms with Gasteiger partial charge in [0.15, 0.2) is 0 Å². The molecule has 0 unspecified atom stereocenters. The highest BCUT2D eigenvalue weighted by molar-refractivity contribution is 5.80.